The van der Waals surface area contributed by atoms with Crippen LogP contribution >= 0.6 is 0 Å². The summed E-state index contributed by atoms with van der Waals surface area (Å²) in [6.07, 6.45) is -1.14. The molecule has 2 N–H and O–H groups in total. The molecule has 118 valence electrons. The number of benzene rings is 1. The predicted octanol–water partition coefficient (Wildman–Crippen LogP) is 3.83. The number of nitrogens with zero attached hydrogens (tertiary/aromatic N) is 1. The Labute approximate surface area is 124 Å². The lowest BCUT2D eigenvalue weighted by molar-refractivity contribution is -0.137. The van der Waals surface area contributed by atoms with E-state index < -0.39 is 11.7 Å². The van der Waals surface area contributed by atoms with Crippen molar-refractivity contribution < 1.29 is 13.2 Å². The Kier molecular flexibility index (Phi) is 5.27. The van der Waals surface area contributed by atoms with Crippen molar-refractivity contribution in [3.8, 4) is 0 Å². The second-order valence-electron chi connectivity index (χ2n) is 5.69. The van der Waals surface area contributed by atoms with Gasteiger partial charge in [-0.1, -0.05) is 25.5 Å². The molecule has 2 rings (SSSR count). The summed E-state index contributed by atoms with van der Waals surface area (Å²) in [5.41, 5.74) is 6.06. The molecule has 1 fully saturated rings. The first kappa shape index (κ1) is 16.3. The van der Waals surface area contributed by atoms with Crippen LogP contribution in [0.2, 0.25) is 0 Å². The molecule has 2 nitrogen and oxygen atoms in total. The lowest BCUT2D eigenvalue weighted by Crippen LogP contribution is -2.35. The van der Waals surface area contributed by atoms with E-state index in [1.807, 2.05) is 0 Å². The van der Waals surface area contributed by atoms with Crippen LogP contribution in [0.1, 0.15) is 43.4 Å². The maximum atomic E-state index is 12.9. The van der Waals surface area contributed by atoms with Crippen molar-refractivity contribution in [2.45, 2.75) is 38.4 Å². The van der Waals surface area contributed by atoms with E-state index in [1.54, 1.807) is 6.07 Å². The van der Waals surface area contributed by atoms with Crippen LogP contribution in [0, 0.1) is 5.92 Å². The Balaban J connectivity index is 2.39. The van der Waals surface area contributed by atoms with Gasteiger partial charge in [-0.3, -0.25) is 4.90 Å². The van der Waals surface area contributed by atoms with Gasteiger partial charge in [0.15, 0.2) is 0 Å². The van der Waals surface area contributed by atoms with Crippen molar-refractivity contribution in [3.05, 3.63) is 35.4 Å². The van der Waals surface area contributed by atoms with E-state index in [2.05, 4.69) is 11.8 Å². The molecule has 0 saturated carbocycles. The minimum Gasteiger partial charge on any atom is -0.330 e. The molecule has 1 aromatic rings. The van der Waals surface area contributed by atoms with E-state index in [-0.39, 0.29) is 12.0 Å². The Morgan fingerprint density at radius 1 is 1.29 bits per heavy atom. The molecule has 0 aliphatic carbocycles. The standard InChI is InChI=1S/C16H23F3N2/c1-2-21-9-4-3-6-13(11-20)15(21)12-7-5-8-14(10-12)16(17,18)19/h5,7-8,10,13,15H,2-4,6,9,11,20H2,1H3. The molecule has 0 bridgehead atoms. The molecule has 2 atom stereocenters. The summed E-state index contributed by atoms with van der Waals surface area (Å²) in [5, 5.41) is 0. The Morgan fingerprint density at radius 3 is 2.67 bits per heavy atom. The summed E-state index contributed by atoms with van der Waals surface area (Å²) in [6.45, 7) is 4.32. The van der Waals surface area contributed by atoms with Gasteiger partial charge in [0.1, 0.15) is 0 Å². The van der Waals surface area contributed by atoms with Gasteiger partial charge in [0.25, 0.3) is 0 Å². The van der Waals surface area contributed by atoms with Gasteiger partial charge in [0, 0.05) is 6.04 Å². The zero-order valence-electron chi connectivity index (χ0n) is 12.4. The molecule has 0 aromatic heterocycles. The van der Waals surface area contributed by atoms with Gasteiger partial charge in [0.2, 0.25) is 0 Å². The van der Waals surface area contributed by atoms with E-state index in [4.69, 9.17) is 5.73 Å². The van der Waals surface area contributed by atoms with E-state index in [0.717, 1.165) is 44.0 Å². The molecular weight excluding hydrogens is 277 g/mol. The third kappa shape index (κ3) is 3.77. The largest absolute Gasteiger partial charge is 0.416 e. The van der Waals surface area contributed by atoms with Crippen LogP contribution in [-0.4, -0.2) is 24.5 Å². The first-order valence-electron chi connectivity index (χ1n) is 7.58. The number of halogens is 3. The highest BCUT2D eigenvalue weighted by molar-refractivity contribution is 5.29. The van der Waals surface area contributed by atoms with Gasteiger partial charge in [-0.25, -0.2) is 0 Å². The average Bonchev–Trinajstić information content (AvgIpc) is 2.68. The van der Waals surface area contributed by atoms with E-state index in [1.165, 1.54) is 12.1 Å². The van der Waals surface area contributed by atoms with Crippen molar-refractivity contribution in [3.63, 3.8) is 0 Å². The highest BCUT2D eigenvalue weighted by Gasteiger charge is 2.33. The van der Waals surface area contributed by atoms with Crippen molar-refractivity contribution in [2.24, 2.45) is 11.7 Å². The molecule has 2 unspecified atom stereocenters. The van der Waals surface area contributed by atoms with Crippen LogP contribution in [0.4, 0.5) is 13.2 Å². The number of nitrogens with two attached hydrogens (primary N) is 1. The summed E-state index contributed by atoms with van der Waals surface area (Å²) in [6, 6.07) is 5.72. The second kappa shape index (κ2) is 6.79. The number of likely N-dealkylation sites (tertiary alicyclic amines) is 1. The monoisotopic (exact) mass is 300 g/mol. The number of hydrogen-bond acceptors (Lipinski definition) is 2. The Bertz CT molecular complexity index is 445. The normalized spacial score (nSPS) is 24.8. The first-order valence-corrected chi connectivity index (χ1v) is 7.58. The van der Waals surface area contributed by atoms with Crippen LogP contribution in [0.5, 0.6) is 0 Å². The van der Waals surface area contributed by atoms with E-state index in [9.17, 15) is 13.2 Å². The minimum absolute atomic E-state index is 0.00944. The molecule has 0 radical (unpaired) electrons. The third-order valence-corrected chi connectivity index (χ3v) is 4.37. The zero-order chi connectivity index (χ0) is 15.5. The van der Waals surface area contributed by atoms with Crippen molar-refractivity contribution in [2.75, 3.05) is 19.6 Å². The summed E-state index contributed by atoms with van der Waals surface area (Å²) in [7, 11) is 0. The molecule has 1 heterocycles. The molecule has 1 saturated heterocycles. The van der Waals surface area contributed by atoms with Crippen molar-refractivity contribution in [1.29, 1.82) is 0 Å². The van der Waals surface area contributed by atoms with Crippen LogP contribution in [0.3, 0.4) is 0 Å². The maximum Gasteiger partial charge on any atom is 0.416 e. The molecule has 0 spiro atoms. The Morgan fingerprint density at radius 2 is 2.05 bits per heavy atom. The topological polar surface area (TPSA) is 29.3 Å². The van der Waals surface area contributed by atoms with E-state index in [0.29, 0.717) is 6.54 Å². The maximum absolute atomic E-state index is 12.9. The quantitative estimate of drug-likeness (QED) is 0.919. The van der Waals surface area contributed by atoms with Crippen LogP contribution in [0.15, 0.2) is 24.3 Å². The third-order valence-electron chi connectivity index (χ3n) is 4.37. The lowest BCUT2D eigenvalue weighted by Gasteiger charge is -2.34. The highest BCUT2D eigenvalue weighted by Crippen LogP contribution is 2.37. The van der Waals surface area contributed by atoms with Crippen LogP contribution in [-0.2, 0) is 6.18 Å². The summed E-state index contributed by atoms with van der Waals surface area (Å²) >= 11 is 0. The zero-order valence-corrected chi connectivity index (χ0v) is 12.4. The fourth-order valence-electron chi connectivity index (χ4n) is 3.30. The molecule has 5 heteroatoms. The smallest absolute Gasteiger partial charge is 0.330 e. The molecule has 0 amide bonds. The lowest BCUT2D eigenvalue weighted by atomic mass is 9.88. The summed E-state index contributed by atoms with van der Waals surface area (Å²) in [5.74, 6) is 0.218. The van der Waals surface area contributed by atoms with Gasteiger partial charge in [-0.2, -0.15) is 13.2 Å². The SMILES string of the molecule is CCN1CCCCC(CN)C1c1cccc(C(F)(F)F)c1. The van der Waals surface area contributed by atoms with Crippen LogP contribution < -0.4 is 5.73 Å². The molecule has 1 aliphatic heterocycles. The summed E-state index contributed by atoms with van der Waals surface area (Å²) < 4.78 is 38.8. The summed E-state index contributed by atoms with van der Waals surface area (Å²) in [4.78, 5) is 2.26. The number of rotatable bonds is 3. The molecular formula is C16H23F3N2. The van der Waals surface area contributed by atoms with Gasteiger partial charge in [-0.15, -0.1) is 0 Å². The minimum atomic E-state index is -4.30. The van der Waals surface area contributed by atoms with E-state index >= 15 is 0 Å². The van der Waals surface area contributed by atoms with Crippen LogP contribution in [0.25, 0.3) is 0 Å². The average molecular weight is 300 g/mol. The number of alkyl halides is 3. The molecule has 1 aromatic carbocycles. The van der Waals surface area contributed by atoms with Gasteiger partial charge in [0.05, 0.1) is 5.56 Å². The fourth-order valence-corrected chi connectivity index (χ4v) is 3.30. The second-order valence-corrected chi connectivity index (χ2v) is 5.69. The number of hydrogen-bond donors (Lipinski definition) is 1. The molecule has 1 aliphatic rings. The Hall–Kier alpha value is -1.07. The first-order chi connectivity index (χ1) is 9.97. The van der Waals surface area contributed by atoms with Gasteiger partial charge in [-0.05, 0) is 56.1 Å². The van der Waals surface area contributed by atoms with Crippen molar-refractivity contribution in [1.82, 2.24) is 4.90 Å². The highest BCUT2D eigenvalue weighted by atomic mass is 19.4. The molecule has 21 heavy (non-hydrogen) atoms. The van der Waals surface area contributed by atoms with Gasteiger partial charge < -0.3 is 5.73 Å². The predicted molar refractivity (Wildman–Crippen MR) is 77.8 cm³/mol. The van der Waals surface area contributed by atoms with Crippen molar-refractivity contribution >= 4 is 0 Å². The van der Waals surface area contributed by atoms with Gasteiger partial charge >= 0.3 is 6.18 Å². The fraction of sp³-hybridized carbons (Fsp3) is 0.625.